The summed E-state index contributed by atoms with van der Waals surface area (Å²) in [4.78, 5) is 11.9. The first-order valence-electron chi connectivity index (χ1n) is 5.39. The second kappa shape index (κ2) is 7.27. The molecule has 0 aromatic heterocycles. The maximum absolute atomic E-state index is 11.9. The molecule has 1 atom stereocenters. The normalized spacial score (nSPS) is 11.7. The van der Waals surface area contributed by atoms with Gasteiger partial charge in [-0.15, -0.1) is 6.42 Å². The van der Waals surface area contributed by atoms with Gasteiger partial charge in [-0.1, -0.05) is 41.3 Å². The predicted octanol–water partition coefficient (Wildman–Crippen LogP) is 2.82. The molecular weight excluding hydrogens is 273 g/mol. The van der Waals surface area contributed by atoms with Crippen molar-refractivity contribution in [3.63, 3.8) is 0 Å². The van der Waals surface area contributed by atoms with Gasteiger partial charge >= 0.3 is 5.97 Å². The number of hydrogen-bond donors (Lipinski definition) is 1. The Bertz CT molecular complexity index is 469. The molecule has 0 saturated heterocycles. The van der Waals surface area contributed by atoms with E-state index < -0.39 is 12.0 Å². The minimum Gasteiger partial charge on any atom is -0.465 e. The summed E-state index contributed by atoms with van der Waals surface area (Å²) in [6, 6.07) is 4.36. The summed E-state index contributed by atoms with van der Waals surface area (Å²) in [7, 11) is 0. The van der Waals surface area contributed by atoms with Crippen LogP contribution in [0.2, 0.25) is 10.0 Å². The molecule has 0 heterocycles. The minimum absolute atomic E-state index is 0.228. The van der Waals surface area contributed by atoms with Crippen LogP contribution in [0.25, 0.3) is 0 Å². The summed E-state index contributed by atoms with van der Waals surface area (Å²) in [5.74, 6) is 1.97. The van der Waals surface area contributed by atoms with Gasteiger partial charge in [-0.25, -0.2) is 4.79 Å². The van der Waals surface area contributed by atoms with Crippen LogP contribution in [0.15, 0.2) is 18.2 Å². The highest BCUT2D eigenvalue weighted by Crippen LogP contribution is 2.30. The number of ether oxygens (including phenoxy) is 1. The molecule has 1 aromatic carbocycles. The van der Waals surface area contributed by atoms with E-state index in [1.165, 1.54) is 0 Å². The van der Waals surface area contributed by atoms with Crippen molar-refractivity contribution in [3.8, 4) is 12.3 Å². The van der Waals surface area contributed by atoms with Gasteiger partial charge in [0.25, 0.3) is 0 Å². The van der Waals surface area contributed by atoms with Crippen LogP contribution < -0.4 is 5.32 Å². The SMILES string of the molecule is C#CCNC(C(=O)OCC)c1cccc(Cl)c1Cl. The third-order valence-electron chi connectivity index (χ3n) is 2.22. The predicted molar refractivity (Wildman–Crippen MR) is 72.7 cm³/mol. The smallest absolute Gasteiger partial charge is 0.327 e. The van der Waals surface area contributed by atoms with Crippen LogP contribution in [0.4, 0.5) is 0 Å². The van der Waals surface area contributed by atoms with Gasteiger partial charge in [0.1, 0.15) is 6.04 Å². The number of benzene rings is 1. The number of carbonyl (C=O) groups excluding carboxylic acids is 1. The lowest BCUT2D eigenvalue weighted by Crippen LogP contribution is -2.30. The molecule has 0 amide bonds. The number of rotatable bonds is 5. The van der Waals surface area contributed by atoms with Crippen molar-refractivity contribution < 1.29 is 9.53 Å². The van der Waals surface area contributed by atoms with Gasteiger partial charge in [0.15, 0.2) is 0 Å². The molecule has 1 rings (SSSR count). The molecule has 1 N–H and O–H groups in total. The number of carbonyl (C=O) groups is 1. The lowest BCUT2D eigenvalue weighted by atomic mass is 10.1. The van der Waals surface area contributed by atoms with E-state index in [9.17, 15) is 4.79 Å². The van der Waals surface area contributed by atoms with Crippen LogP contribution in [0.3, 0.4) is 0 Å². The quantitative estimate of drug-likeness (QED) is 0.668. The number of hydrogen-bond acceptors (Lipinski definition) is 3. The molecule has 0 radical (unpaired) electrons. The fraction of sp³-hybridized carbons (Fsp3) is 0.308. The largest absolute Gasteiger partial charge is 0.465 e. The van der Waals surface area contributed by atoms with Crippen LogP contribution in [0.1, 0.15) is 18.5 Å². The van der Waals surface area contributed by atoms with E-state index in [0.29, 0.717) is 15.6 Å². The molecule has 0 fully saturated rings. The molecule has 0 aliphatic carbocycles. The first-order valence-corrected chi connectivity index (χ1v) is 6.14. The van der Waals surface area contributed by atoms with Crippen molar-refractivity contribution in [1.29, 1.82) is 0 Å². The van der Waals surface area contributed by atoms with E-state index in [0.717, 1.165) is 0 Å². The van der Waals surface area contributed by atoms with E-state index in [1.54, 1.807) is 25.1 Å². The molecule has 0 spiro atoms. The molecule has 3 nitrogen and oxygen atoms in total. The Morgan fingerprint density at radius 3 is 2.89 bits per heavy atom. The number of terminal acetylenes is 1. The third-order valence-corrected chi connectivity index (χ3v) is 3.06. The molecule has 0 saturated carbocycles. The molecule has 5 heteroatoms. The van der Waals surface area contributed by atoms with Crippen molar-refractivity contribution in [2.24, 2.45) is 0 Å². The molecule has 1 unspecified atom stereocenters. The second-order valence-corrected chi connectivity index (χ2v) is 4.20. The fourth-order valence-corrected chi connectivity index (χ4v) is 1.87. The van der Waals surface area contributed by atoms with Crippen LogP contribution in [0.5, 0.6) is 0 Å². The summed E-state index contributed by atoms with van der Waals surface area (Å²) >= 11 is 12.0. The van der Waals surface area contributed by atoms with E-state index in [2.05, 4.69) is 11.2 Å². The van der Waals surface area contributed by atoms with Crippen LogP contribution in [0, 0.1) is 12.3 Å². The van der Waals surface area contributed by atoms with Crippen LogP contribution in [-0.4, -0.2) is 19.1 Å². The standard InChI is InChI=1S/C13H13Cl2NO2/c1-3-8-16-12(13(17)18-4-2)9-6-5-7-10(14)11(9)15/h1,5-7,12,16H,4,8H2,2H3. The Hall–Kier alpha value is -1.21. The zero-order chi connectivity index (χ0) is 13.5. The van der Waals surface area contributed by atoms with Crippen LogP contribution >= 0.6 is 23.2 Å². The monoisotopic (exact) mass is 285 g/mol. The third kappa shape index (κ3) is 3.64. The summed E-state index contributed by atoms with van der Waals surface area (Å²) in [6.45, 7) is 2.24. The van der Waals surface area contributed by atoms with Gasteiger partial charge in [0.2, 0.25) is 0 Å². The van der Waals surface area contributed by atoms with E-state index in [1.807, 2.05) is 0 Å². The maximum Gasteiger partial charge on any atom is 0.327 e. The summed E-state index contributed by atoms with van der Waals surface area (Å²) in [5, 5.41) is 3.59. The van der Waals surface area contributed by atoms with Gasteiger partial charge in [0, 0.05) is 5.56 Å². The van der Waals surface area contributed by atoms with Crippen molar-refractivity contribution in [2.75, 3.05) is 13.2 Å². The zero-order valence-electron chi connectivity index (χ0n) is 9.87. The molecule has 1 aromatic rings. The van der Waals surface area contributed by atoms with Crippen LogP contribution in [-0.2, 0) is 9.53 Å². The molecule has 0 bridgehead atoms. The molecule has 0 aliphatic heterocycles. The summed E-state index contributed by atoms with van der Waals surface area (Å²) in [6.07, 6.45) is 5.17. The Labute approximate surface area is 116 Å². The molecule has 96 valence electrons. The Kier molecular flexibility index (Phi) is 6.00. The van der Waals surface area contributed by atoms with E-state index in [-0.39, 0.29) is 13.2 Å². The van der Waals surface area contributed by atoms with Crippen molar-refractivity contribution >= 4 is 29.2 Å². The molecule has 0 aliphatic rings. The number of halogens is 2. The van der Waals surface area contributed by atoms with Gasteiger partial charge in [-0.05, 0) is 13.0 Å². The highest BCUT2D eigenvalue weighted by molar-refractivity contribution is 6.42. The van der Waals surface area contributed by atoms with E-state index in [4.69, 9.17) is 34.4 Å². The van der Waals surface area contributed by atoms with Gasteiger partial charge in [-0.3, -0.25) is 5.32 Å². The Morgan fingerprint density at radius 1 is 1.56 bits per heavy atom. The summed E-state index contributed by atoms with van der Waals surface area (Å²) in [5.41, 5.74) is 0.554. The summed E-state index contributed by atoms with van der Waals surface area (Å²) < 4.78 is 4.98. The minimum atomic E-state index is -0.716. The lowest BCUT2D eigenvalue weighted by molar-refractivity contribution is -0.145. The Morgan fingerprint density at radius 2 is 2.28 bits per heavy atom. The van der Waals surface area contributed by atoms with E-state index >= 15 is 0 Å². The lowest BCUT2D eigenvalue weighted by Gasteiger charge is -2.18. The average molecular weight is 286 g/mol. The number of esters is 1. The molecule has 18 heavy (non-hydrogen) atoms. The fourth-order valence-electron chi connectivity index (χ4n) is 1.45. The Balaban J connectivity index is 3.05. The molecular formula is C13H13Cl2NO2. The maximum atomic E-state index is 11.9. The second-order valence-electron chi connectivity index (χ2n) is 3.41. The highest BCUT2D eigenvalue weighted by atomic mass is 35.5. The number of nitrogens with one attached hydrogen (secondary N) is 1. The topological polar surface area (TPSA) is 38.3 Å². The van der Waals surface area contributed by atoms with Gasteiger partial charge < -0.3 is 4.74 Å². The van der Waals surface area contributed by atoms with Gasteiger partial charge in [-0.2, -0.15) is 0 Å². The first kappa shape index (κ1) is 14.8. The van der Waals surface area contributed by atoms with Crippen molar-refractivity contribution in [3.05, 3.63) is 33.8 Å². The first-order chi connectivity index (χ1) is 8.61. The zero-order valence-corrected chi connectivity index (χ0v) is 11.4. The van der Waals surface area contributed by atoms with Crippen molar-refractivity contribution in [1.82, 2.24) is 5.32 Å². The average Bonchev–Trinajstić information content (AvgIpc) is 2.35. The van der Waals surface area contributed by atoms with Crippen molar-refractivity contribution in [2.45, 2.75) is 13.0 Å². The highest BCUT2D eigenvalue weighted by Gasteiger charge is 2.24. The van der Waals surface area contributed by atoms with Gasteiger partial charge in [0.05, 0.1) is 23.2 Å².